The first-order valence-corrected chi connectivity index (χ1v) is 7.72. The van der Waals surface area contributed by atoms with E-state index < -0.39 is 0 Å². The number of benzene rings is 2. The molecular weight excluding hydrogens is 412 g/mol. The summed E-state index contributed by atoms with van der Waals surface area (Å²) in [4.78, 5) is 0. The van der Waals surface area contributed by atoms with Crippen molar-refractivity contribution >= 4 is 43.5 Å². The minimum Gasteiger partial charge on any atom is -0.486 e. The number of hydrogen-bond acceptors (Lipinski definition) is 2. The second kappa shape index (κ2) is 6.89. The van der Waals surface area contributed by atoms with Crippen molar-refractivity contribution in [2.45, 2.75) is 13.2 Å². The van der Waals surface area contributed by atoms with E-state index in [0.717, 1.165) is 14.5 Å². The molecule has 0 aliphatic heterocycles. The van der Waals surface area contributed by atoms with Crippen molar-refractivity contribution in [2.24, 2.45) is 5.73 Å². The molecule has 0 unspecified atom stereocenters. The summed E-state index contributed by atoms with van der Waals surface area (Å²) in [6, 6.07) is 7.95. The third-order valence-corrected chi connectivity index (χ3v) is 4.22. The zero-order valence-electron chi connectivity index (χ0n) is 10.3. The second-order valence-corrected chi connectivity index (χ2v) is 6.23. The Morgan fingerprint density at radius 3 is 2.40 bits per heavy atom. The lowest BCUT2D eigenvalue weighted by atomic mass is 10.2. The van der Waals surface area contributed by atoms with Crippen LogP contribution >= 0.6 is 43.5 Å². The van der Waals surface area contributed by atoms with Crippen LogP contribution in [-0.2, 0) is 13.2 Å². The van der Waals surface area contributed by atoms with Crippen LogP contribution in [0, 0.1) is 5.82 Å². The van der Waals surface area contributed by atoms with E-state index in [1.54, 1.807) is 0 Å². The second-order valence-electron chi connectivity index (χ2n) is 4.12. The van der Waals surface area contributed by atoms with Crippen molar-refractivity contribution in [3.05, 3.63) is 61.2 Å². The molecule has 0 amide bonds. The molecule has 2 nitrogen and oxygen atoms in total. The van der Waals surface area contributed by atoms with Crippen LogP contribution in [0.3, 0.4) is 0 Å². The summed E-state index contributed by atoms with van der Waals surface area (Å²) in [6.45, 7) is 0.614. The van der Waals surface area contributed by atoms with Crippen molar-refractivity contribution in [3.63, 3.8) is 0 Å². The molecule has 2 aromatic carbocycles. The highest BCUT2D eigenvalue weighted by Crippen LogP contribution is 2.35. The van der Waals surface area contributed by atoms with E-state index in [1.165, 1.54) is 18.2 Å². The molecule has 0 aliphatic carbocycles. The molecule has 2 N–H and O–H groups in total. The fourth-order valence-electron chi connectivity index (χ4n) is 1.67. The Morgan fingerprint density at radius 1 is 1.15 bits per heavy atom. The highest BCUT2D eigenvalue weighted by Gasteiger charge is 2.10. The van der Waals surface area contributed by atoms with E-state index in [0.29, 0.717) is 22.9 Å². The summed E-state index contributed by atoms with van der Waals surface area (Å²) in [7, 11) is 0. The first kappa shape index (κ1) is 15.8. The lowest BCUT2D eigenvalue weighted by Gasteiger charge is -2.12. The topological polar surface area (TPSA) is 35.2 Å². The third-order valence-electron chi connectivity index (χ3n) is 2.67. The fraction of sp³-hybridized carbons (Fsp3) is 0.143. The predicted octanol–water partition coefficient (Wildman–Crippen LogP) is 5.04. The molecular formula is C14H11Br2ClFNO. The molecule has 2 rings (SSSR count). The minimum absolute atomic E-state index is 0.176. The van der Waals surface area contributed by atoms with Crippen LogP contribution in [0.4, 0.5) is 4.39 Å². The standard InChI is InChI=1S/C14H11Br2ClFNO/c15-11-3-8(6-19)4-12(16)14(11)20-7-9-5-10(18)1-2-13(9)17/h1-5H,6-7,19H2. The van der Waals surface area contributed by atoms with Gasteiger partial charge in [0.05, 0.1) is 8.95 Å². The van der Waals surface area contributed by atoms with Gasteiger partial charge in [0, 0.05) is 17.1 Å². The van der Waals surface area contributed by atoms with E-state index in [4.69, 9.17) is 22.1 Å². The van der Waals surface area contributed by atoms with Gasteiger partial charge in [-0.25, -0.2) is 4.39 Å². The summed E-state index contributed by atoms with van der Waals surface area (Å²) >= 11 is 12.9. The van der Waals surface area contributed by atoms with Crippen LogP contribution in [0.5, 0.6) is 5.75 Å². The van der Waals surface area contributed by atoms with Gasteiger partial charge in [0.1, 0.15) is 18.2 Å². The van der Waals surface area contributed by atoms with Crippen LogP contribution < -0.4 is 10.5 Å². The van der Waals surface area contributed by atoms with Crippen LogP contribution in [0.1, 0.15) is 11.1 Å². The van der Waals surface area contributed by atoms with Crippen LogP contribution in [0.15, 0.2) is 39.3 Å². The number of nitrogens with two attached hydrogens (primary N) is 1. The fourth-order valence-corrected chi connectivity index (χ4v) is 3.35. The summed E-state index contributed by atoms with van der Waals surface area (Å²) in [5.74, 6) is 0.284. The average molecular weight is 424 g/mol. The van der Waals surface area contributed by atoms with Crippen LogP contribution in [0.2, 0.25) is 5.02 Å². The molecule has 0 spiro atoms. The van der Waals surface area contributed by atoms with E-state index in [1.807, 2.05) is 12.1 Å². The molecule has 20 heavy (non-hydrogen) atoms. The molecule has 0 aromatic heterocycles. The Balaban J connectivity index is 2.21. The minimum atomic E-state index is -0.343. The van der Waals surface area contributed by atoms with Crippen molar-refractivity contribution in [2.75, 3.05) is 0 Å². The number of rotatable bonds is 4. The molecule has 2 aromatic rings. The van der Waals surface area contributed by atoms with Gasteiger partial charge in [-0.15, -0.1) is 0 Å². The van der Waals surface area contributed by atoms with Gasteiger partial charge in [-0.2, -0.15) is 0 Å². The Bertz CT molecular complexity index is 614. The largest absolute Gasteiger partial charge is 0.486 e. The highest BCUT2D eigenvalue weighted by molar-refractivity contribution is 9.11. The van der Waals surface area contributed by atoms with Gasteiger partial charge in [0.2, 0.25) is 0 Å². The van der Waals surface area contributed by atoms with Gasteiger partial charge in [0.15, 0.2) is 0 Å². The van der Waals surface area contributed by atoms with Crippen LogP contribution in [-0.4, -0.2) is 0 Å². The lowest BCUT2D eigenvalue weighted by Crippen LogP contribution is -2.01. The Morgan fingerprint density at radius 2 is 1.80 bits per heavy atom. The Labute approximate surface area is 138 Å². The molecule has 0 radical (unpaired) electrons. The predicted molar refractivity (Wildman–Crippen MR) is 85.5 cm³/mol. The monoisotopic (exact) mass is 421 g/mol. The summed E-state index contributed by atoms with van der Waals surface area (Å²) in [5.41, 5.74) is 7.16. The summed E-state index contributed by atoms with van der Waals surface area (Å²) < 4.78 is 20.4. The first-order chi connectivity index (χ1) is 9.51. The normalized spacial score (nSPS) is 10.7. The maximum absolute atomic E-state index is 13.2. The zero-order chi connectivity index (χ0) is 14.7. The summed E-state index contributed by atoms with van der Waals surface area (Å²) in [5, 5.41) is 0.470. The van der Waals surface area contributed by atoms with Gasteiger partial charge < -0.3 is 10.5 Å². The van der Waals surface area contributed by atoms with Crippen molar-refractivity contribution in [1.82, 2.24) is 0 Å². The number of hydrogen-bond donors (Lipinski definition) is 1. The molecule has 0 fully saturated rings. The Kier molecular flexibility index (Phi) is 5.43. The molecule has 0 saturated heterocycles. The SMILES string of the molecule is NCc1cc(Br)c(OCc2cc(F)ccc2Cl)c(Br)c1. The van der Waals surface area contributed by atoms with Crippen molar-refractivity contribution in [3.8, 4) is 5.75 Å². The molecule has 0 bridgehead atoms. The maximum Gasteiger partial charge on any atom is 0.148 e. The van der Waals surface area contributed by atoms with Crippen molar-refractivity contribution < 1.29 is 9.13 Å². The van der Waals surface area contributed by atoms with E-state index >= 15 is 0 Å². The quantitative estimate of drug-likeness (QED) is 0.748. The smallest absolute Gasteiger partial charge is 0.148 e. The number of ether oxygens (including phenoxy) is 1. The van der Waals surface area contributed by atoms with Gasteiger partial charge in [-0.1, -0.05) is 11.6 Å². The molecule has 0 atom stereocenters. The molecule has 0 saturated carbocycles. The first-order valence-electron chi connectivity index (χ1n) is 5.76. The highest BCUT2D eigenvalue weighted by atomic mass is 79.9. The van der Waals surface area contributed by atoms with Gasteiger partial charge in [0.25, 0.3) is 0 Å². The van der Waals surface area contributed by atoms with Gasteiger partial charge >= 0.3 is 0 Å². The average Bonchev–Trinajstić information content (AvgIpc) is 2.41. The van der Waals surface area contributed by atoms with Gasteiger partial charge in [-0.3, -0.25) is 0 Å². The van der Waals surface area contributed by atoms with Gasteiger partial charge in [-0.05, 0) is 67.8 Å². The molecule has 106 valence electrons. The molecule has 0 heterocycles. The van der Waals surface area contributed by atoms with E-state index in [9.17, 15) is 4.39 Å². The Hall–Kier alpha value is -0.620. The van der Waals surface area contributed by atoms with Crippen molar-refractivity contribution in [1.29, 1.82) is 0 Å². The van der Waals surface area contributed by atoms with Crippen LogP contribution in [0.25, 0.3) is 0 Å². The summed E-state index contributed by atoms with van der Waals surface area (Å²) in [6.07, 6.45) is 0. The molecule has 0 aliphatic rings. The zero-order valence-corrected chi connectivity index (χ0v) is 14.2. The number of halogens is 4. The van der Waals surface area contributed by atoms with E-state index in [-0.39, 0.29) is 12.4 Å². The molecule has 6 heteroatoms. The third kappa shape index (κ3) is 3.73. The van der Waals surface area contributed by atoms with E-state index in [2.05, 4.69) is 31.9 Å². The maximum atomic E-state index is 13.2. The lowest BCUT2D eigenvalue weighted by molar-refractivity contribution is 0.301.